The summed E-state index contributed by atoms with van der Waals surface area (Å²) in [5, 5.41) is 22.0. The van der Waals surface area contributed by atoms with Gasteiger partial charge in [0.25, 0.3) is 23.2 Å². The van der Waals surface area contributed by atoms with Crippen molar-refractivity contribution in [1.29, 1.82) is 0 Å². The molecule has 0 aliphatic rings. The average molecular weight is 392 g/mol. The third kappa shape index (κ3) is 4.11. The Morgan fingerprint density at radius 3 is 1.69 bits per heavy atom. The summed E-state index contributed by atoms with van der Waals surface area (Å²) in [6.07, 6.45) is 1.36. The van der Waals surface area contributed by atoms with E-state index in [4.69, 9.17) is 0 Å². The third-order valence-electron chi connectivity index (χ3n) is 3.89. The zero-order valence-corrected chi connectivity index (χ0v) is 14.7. The number of rotatable bonds is 5. The standard InChI is InChI=1S/C19H12N4O6/c24-18(13-5-3-7-15(11-13)22(26)27)21(17-9-1-2-10-20-17)19(25)14-6-4-8-16(12-14)23(28)29/h1-12H. The minimum atomic E-state index is -0.857. The average Bonchev–Trinajstić information content (AvgIpc) is 2.74. The minimum absolute atomic E-state index is 0.0273. The van der Waals surface area contributed by atoms with E-state index in [1.54, 1.807) is 12.1 Å². The van der Waals surface area contributed by atoms with Gasteiger partial charge >= 0.3 is 0 Å². The molecule has 3 rings (SSSR count). The van der Waals surface area contributed by atoms with E-state index in [2.05, 4.69) is 4.98 Å². The van der Waals surface area contributed by atoms with E-state index in [1.807, 2.05) is 0 Å². The Labute approximate surface area is 163 Å². The number of benzene rings is 2. The van der Waals surface area contributed by atoms with Crippen LogP contribution in [0.4, 0.5) is 17.2 Å². The van der Waals surface area contributed by atoms with Crippen LogP contribution in [0.15, 0.2) is 72.9 Å². The van der Waals surface area contributed by atoms with E-state index in [0.717, 1.165) is 17.0 Å². The lowest BCUT2D eigenvalue weighted by molar-refractivity contribution is -0.385. The number of carbonyl (C=O) groups excluding carboxylic acids is 2. The predicted octanol–water partition coefficient (Wildman–Crippen LogP) is 3.39. The quantitative estimate of drug-likeness (QED) is 0.369. The maximum absolute atomic E-state index is 13.1. The van der Waals surface area contributed by atoms with Gasteiger partial charge in [0.15, 0.2) is 0 Å². The van der Waals surface area contributed by atoms with Crippen molar-refractivity contribution in [3.05, 3.63) is 104 Å². The van der Waals surface area contributed by atoms with Crippen LogP contribution in [-0.4, -0.2) is 26.6 Å². The van der Waals surface area contributed by atoms with Gasteiger partial charge in [-0.15, -0.1) is 0 Å². The Hall–Kier alpha value is -4.47. The normalized spacial score (nSPS) is 10.2. The van der Waals surface area contributed by atoms with Gasteiger partial charge < -0.3 is 0 Å². The second-order valence-corrected chi connectivity index (χ2v) is 5.75. The van der Waals surface area contributed by atoms with Crippen molar-refractivity contribution < 1.29 is 19.4 Å². The molecule has 29 heavy (non-hydrogen) atoms. The molecule has 0 aliphatic carbocycles. The number of non-ortho nitro benzene ring substituents is 2. The lowest BCUT2D eigenvalue weighted by Crippen LogP contribution is -2.37. The summed E-state index contributed by atoms with van der Waals surface area (Å²) in [6, 6.07) is 14.3. The Morgan fingerprint density at radius 2 is 1.28 bits per heavy atom. The van der Waals surface area contributed by atoms with Crippen LogP contribution in [0.1, 0.15) is 20.7 Å². The Balaban J connectivity index is 2.08. The first-order valence-electron chi connectivity index (χ1n) is 8.17. The Kier molecular flexibility index (Phi) is 5.35. The first kappa shape index (κ1) is 19.3. The topological polar surface area (TPSA) is 137 Å². The van der Waals surface area contributed by atoms with Crippen LogP contribution < -0.4 is 4.90 Å². The number of aromatic nitrogens is 1. The molecule has 0 N–H and O–H groups in total. The van der Waals surface area contributed by atoms with E-state index in [1.165, 1.54) is 48.7 Å². The lowest BCUT2D eigenvalue weighted by Gasteiger charge is -2.20. The molecule has 0 radical (unpaired) electrons. The molecule has 0 fully saturated rings. The lowest BCUT2D eigenvalue weighted by atomic mass is 10.1. The molecule has 0 unspecified atom stereocenters. The van der Waals surface area contributed by atoms with Gasteiger partial charge in [-0.25, -0.2) is 9.88 Å². The minimum Gasteiger partial charge on any atom is -0.268 e. The molecule has 2 aromatic carbocycles. The van der Waals surface area contributed by atoms with Gasteiger partial charge in [-0.3, -0.25) is 29.8 Å². The number of hydrogen-bond donors (Lipinski definition) is 0. The van der Waals surface area contributed by atoms with Crippen molar-refractivity contribution in [3.63, 3.8) is 0 Å². The Bertz CT molecular complexity index is 1050. The van der Waals surface area contributed by atoms with Crippen LogP contribution in [0, 0.1) is 20.2 Å². The fraction of sp³-hybridized carbons (Fsp3) is 0. The summed E-state index contributed by atoms with van der Waals surface area (Å²) in [4.78, 5) is 51.5. The van der Waals surface area contributed by atoms with Crippen LogP contribution in [0.25, 0.3) is 0 Å². The zero-order valence-electron chi connectivity index (χ0n) is 14.7. The van der Waals surface area contributed by atoms with E-state index in [-0.39, 0.29) is 28.3 Å². The molecule has 0 aliphatic heterocycles. The summed E-state index contributed by atoms with van der Waals surface area (Å²) in [7, 11) is 0. The summed E-state index contributed by atoms with van der Waals surface area (Å²) in [6.45, 7) is 0. The van der Waals surface area contributed by atoms with Crippen LogP contribution >= 0.6 is 0 Å². The van der Waals surface area contributed by atoms with E-state index in [9.17, 15) is 29.8 Å². The first-order valence-corrected chi connectivity index (χ1v) is 8.17. The van der Waals surface area contributed by atoms with Crippen molar-refractivity contribution in [2.75, 3.05) is 4.90 Å². The van der Waals surface area contributed by atoms with Crippen molar-refractivity contribution >= 4 is 29.0 Å². The molecule has 144 valence electrons. The highest BCUT2D eigenvalue weighted by Gasteiger charge is 2.28. The molecule has 2 amide bonds. The van der Waals surface area contributed by atoms with Crippen LogP contribution in [0.3, 0.4) is 0 Å². The van der Waals surface area contributed by atoms with Crippen molar-refractivity contribution in [3.8, 4) is 0 Å². The van der Waals surface area contributed by atoms with Gasteiger partial charge in [0.2, 0.25) is 0 Å². The van der Waals surface area contributed by atoms with Crippen molar-refractivity contribution in [1.82, 2.24) is 4.98 Å². The van der Waals surface area contributed by atoms with E-state index < -0.39 is 21.7 Å². The molecule has 10 nitrogen and oxygen atoms in total. The molecule has 0 saturated heterocycles. The second-order valence-electron chi connectivity index (χ2n) is 5.75. The molecule has 10 heteroatoms. The number of nitrogens with zero attached hydrogens (tertiary/aromatic N) is 4. The highest BCUT2D eigenvalue weighted by molar-refractivity contribution is 6.25. The van der Waals surface area contributed by atoms with Gasteiger partial charge in [-0.1, -0.05) is 18.2 Å². The second kappa shape index (κ2) is 8.05. The van der Waals surface area contributed by atoms with Crippen molar-refractivity contribution in [2.45, 2.75) is 0 Å². The highest BCUT2D eigenvalue weighted by Crippen LogP contribution is 2.22. The summed E-state index contributed by atoms with van der Waals surface area (Å²) in [5.74, 6) is -1.74. The molecule has 0 atom stereocenters. The molecule has 0 spiro atoms. The smallest absolute Gasteiger partial charge is 0.268 e. The molecule has 1 aromatic heterocycles. The summed E-state index contributed by atoms with van der Waals surface area (Å²) >= 11 is 0. The van der Waals surface area contributed by atoms with Gasteiger partial charge in [0, 0.05) is 41.6 Å². The van der Waals surface area contributed by atoms with Gasteiger partial charge in [0.1, 0.15) is 5.82 Å². The highest BCUT2D eigenvalue weighted by atomic mass is 16.6. The molecule has 1 heterocycles. The number of amides is 2. The fourth-order valence-electron chi connectivity index (χ4n) is 2.55. The fourth-order valence-corrected chi connectivity index (χ4v) is 2.55. The van der Waals surface area contributed by atoms with E-state index >= 15 is 0 Å². The Morgan fingerprint density at radius 1 is 0.759 bits per heavy atom. The number of carbonyl (C=O) groups is 2. The predicted molar refractivity (Wildman–Crippen MR) is 102 cm³/mol. The SMILES string of the molecule is O=C(c1cccc([N+](=O)[O-])c1)N(C(=O)c1cccc([N+](=O)[O-])c1)c1ccccn1. The number of anilines is 1. The maximum atomic E-state index is 13.1. The van der Waals surface area contributed by atoms with Crippen LogP contribution in [0.5, 0.6) is 0 Å². The van der Waals surface area contributed by atoms with Gasteiger partial charge in [0.05, 0.1) is 9.85 Å². The third-order valence-corrected chi connectivity index (χ3v) is 3.89. The summed E-state index contributed by atoms with van der Waals surface area (Å²) in [5.41, 5.74) is -0.855. The molecular weight excluding hydrogens is 380 g/mol. The largest absolute Gasteiger partial charge is 0.270 e. The van der Waals surface area contributed by atoms with Crippen molar-refractivity contribution in [2.24, 2.45) is 0 Å². The van der Waals surface area contributed by atoms with Gasteiger partial charge in [-0.05, 0) is 24.3 Å². The first-order chi connectivity index (χ1) is 13.9. The molecule has 0 bridgehead atoms. The zero-order chi connectivity index (χ0) is 21.0. The number of nitro groups is 2. The van der Waals surface area contributed by atoms with Gasteiger partial charge in [-0.2, -0.15) is 0 Å². The monoisotopic (exact) mass is 392 g/mol. The number of pyridine rings is 1. The molecular formula is C19H12N4O6. The number of hydrogen-bond acceptors (Lipinski definition) is 7. The van der Waals surface area contributed by atoms with Crippen LogP contribution in [-0.2, 0) is 0 Å². The maximum Gasteiger partial charge on any atom is 0.270 e. The molecule has 0 saturated carbocycles. The number of nitro benzene ring substituents is 2. The van der Waals surface area contributed by atoms with Crippen LogP contribution in [0.2, 0.25) is 0 Å². The summed E-state index contributed by atoms with van der Waals surface area (Å²) < 4.78 is 0. The number of imide groups is 1. The molecule has 3 aromatic rings. The van der Waals surface area contributed by atoms with E-state index in [0.29, 0.717) is 0 Å².